The maximum atomic E-state index is 13.6. The summed E-state index contributed by atoms with van der Waals surface area (Å²) in [6, 6.07) is 10.4. The SMILES string of the molecule is COc1ccc(CCN(C(=O)Cn2nnc(-c3ccc(OC)c(OC)c3)n2)[C@@H](C)C(=O)NC2CCCC2)cc1OC. The third kappa shape index (κ3) is 7.24. The van der Waals surface area contributed by atoms with E-state index in [1.165, 1.54) is 4.80 Å². The van der Waals surface area contributed by atoms with E-state index < -0.39 is 6.04 Å². The van der Waals surface area contributed by atoms with Crippen molar-refractivity contribution in [3.8, 4) is 34.4 Å². The van der Waals surface area contributed by atoms with Crippen LogP contribution in [0.15, 0.2) is 36.4 Å². The fourth-order valence-electron chi connectivity index (χ4n) is 4.97. The molecule has 220 valence electrons. The molecule has 12 heteroatoms. The molecule has 3 aromatic rings. The molecular formula is C29H38N6O6. The van der Waals surface area contributed by atoms with Gasteiger partial charge in [-0.15, -0.1) is 10.2 Å². The monoisotopic (exact) mass is 566 g/mol. The van der Waals surface area contributed by atoms with Crippen LogP contribution in [0, 0.1) is 0 Å². The first-order chi connectivity index (χ1) is 19.9. The number of rotatable bonds is 13. The molecule has 1 atom stereocenters. The maximum Gasteiger partial charge on any atom is 0.246 e. The number of ether oxygens (including phenoxy) is 4. The van der Waals surface area contributed by atoms with E-state index in [0.717, 1.165) is 31.2 Å². The van der Waals surface area contributed by atoms with Crippen molar-refractivity contribution >= 4 is 11.8 Å². The average Bonchev–Trinajstić information content (AvgIpc) is 3.69. The van der Waals surface area contributed by atoms with Gasteiger partial charge >= 0.3 is 0 Å². The molecule has 1 N–H and O–H groups in total. The Bertz CT molecular complexity index is 1340. The van der Waals surface area contributed by atoms with Gasteiger partial charge in [0.1, 0.15) is 12.6 Å². The number of carbonyl (C=O) groups excluding carboxylic acids is 2. The Hall–Kier alpha value is -4.35. The highest BCUT2D eigenvalue weighted by atomic mass is 16.5. The highest BCUT2D eigenvalue weighted by Gasteiger charge is 2.29. The fourth-order valence-corrected chi connectivity index (χ4v) is 4.97. The van der Waals surface area contributed by atoms with Crippen LogP contribution in [0.2, 0.25) is 0 Å². The molecule has 0 spiro atoms. The van der Waals surface area contributed by atoms with Crippen molar-refractivity contribution in [3.05, 3.63) is 42.0 Å². The van der Waals surface area contributed by atoms with Crippen LogP contribution >= 0.6 is 0 Å². The van der Waals surface area contributed by atoms with E-state index in [1.54, 1.807) is 58.5 Å². The van der Waals surface area contributed by atoms with Gasteiger partial charge in [-0.3, -0.25) is 9.59 Å². The largest absolute Gasteiger partial charge is 0.493 e. The number of nitrogens with zero attached hydrogens (tertiary/aromatic N) is 5. The van der Waals surface area contributed by atoms with Crippen LogP contribution in [0.5, 0.6) is 23.0 Å². The van der Waals surface area contributed by atoms with Gasteiger partial charge in [-0.1, -0.05) is 18.9 Å². The third-order valence-corrected chi connectivity index (χ3v) is 7.33. The normalized spacial score (nSPS) is 13.9. The van der Waals surface area contributed by atoms with E-state index >= 15 is 0 Å². The van der Waals surface area contributed by atoms with Crippen molar-refractivity contribution in [2.75, 3.05) is 35.0 Å². The number of carbonyl (C=O) groups is 2. The lowest BCUT2D eigenvalue weighted by Gasteiger charge is -2.29. The minimum atomic E-state index is -0.683. The molecular weight excluding hydrogens is 528 g/mol. The molecule has 4 rings (SSSR count). The highest BCUT2D eigenvalue weighted by molar-refractivity contribution is 5.87. The van der Waals surface area contributed by atoms with E-state index in [9.17, 15) is 9.59 Å². The van der Waals surface area contributed by atoms with Gasteiger partial charge in [0.25, 0.3) is 0 Å². The number of benzene rings is 2. The van der Waals surface area contributed by atoms with E-state index in [2.05, 4.69) is 20.7 Å². The second-order valence-electron chi connectivity index (χ2n) is 9.91. The Morgan fingerprint density at radius 3 is 2.24 bits per heavy atom. The molecule has 0 saturated heterocycles. The summed E-state index contributed by atoms with van der Waals surface area (Å²) in [5.41, 5.74) is 1.61. The minimum Gasteiger partial charge on any atom is -0.493 e. The molecule has 2 aromatic carbocycles. The molecule has 0 radical (unpaired) electrons. The second-order valence-corrected chi connectivity index (χ2v) is 9.91. The van der Waals surface area contributed by atoms with Crippen molar-refractivity contribution < 1.29 is 28.5 Å². The van der Waals surface area contributed by atoms with Gasteiger partial charge in [0, 0.05) is 18.2 Å². The summed E-state index contributed by atoms with van der Waals surface area (Å²) >= 11 is 0. The molecule has 1 aliphatic carbocycles. The number of nitrogens with one attached hydrogen (secondary N) is 1. The molecule has 1 saturated carbocycles. The third-order valence-electron chi connectivity index (χ3n) is 7.33. The quantitative estimate of drug-likeness (QED) is 0.332. The predicted molar refractivity (Wildman–Crippen MR) is 151 cm³/mol. The van der Waals surface area contributed by atoms with Crippen LogP contribution in [0.25, 0.3) is 11.4 Å². The van der Waals surface area contributed by atoms with Crippen LogP contribution in [0.4, 0.5) is 0 Å². The predicted octanol–water partition coefficient (Wildman–Crippen LogP) is 2.89. The Kier molecular flexibility index (Phi) is 9.99. The van der Waals surface area contributed by atoms with Crippen molar-refractivity contribution in [2.45, 2.75) is 57.7 Å². The van der Waals surface area contributed by atoms with Gasteiger partial charge in [0.15, 0.2) is 23.0 Å². The first kappa shape index (κ1) is 29.6. The van der Waals surface area contributed by atoms with Crippen molar-refractivity contribution in [1.29, 1.82) is 0 Å². The van der Waals surface area contributed by atoms with Crippen molar-refractivity contribution in [3.63, 3.8) is 0 Å². The lowest BCUT2D eigenvalue weighted by Crippen LogP contribution is -2.51. The number of amides is 2. The number of tetrazole rings is 1. The van der Waals surface area contributed by atoms with Crippen LogP contribution in [-0.4, -0.2) is 84.0 Å². The summed E-state index contributed by atoms with van der Waals surface area (Å²) < 4.78 is 21.4. The van der Waals surface area contributed by atoms with Gasteiger partial charge in [-0.2, -0.15) is 4.80 Å². The first-order valence-electron chi connectivity index (χ1n) is 13.7. The number of hydrogen-bond acceptors (Lipinski definition) is 9. The molecule has 0 unspecified atom stereocenters. The Morgan fingerprint density at radius 2 is 1.59 bits per heavy atom. The van der Waals surface area contributed by atoms with Crippen molar-refractivity contribution in [1.82, 2.24) is 30.4 Å². The molecule has 0 aliphatic heterocycles. The molecule has 1 aliphatic rings. The Morgan fingerprint density at radius 1 is 0.951 bits per heavy atom. The summed E-state index contributed by atoms with van der Waals surface area (Å²) in [5, 5.41) is 15.7. The zero-order chi connectivity index (χ0) is 29.4. The van der Waals surface area contributed by atoms with E-state index in [4.69, 9.17) is 18.9 Å². The maximum absolute atomic E-state index is 13.6. The van der Waals surface area contributed by atoms with Gasteiger partial charge in [0.05, 0.1) is 28.4 Å². The molecule has 1 fully saturated rings. The average molecular weight is 567 g/mol. The van der Waals surface area contributed by atoms with Crippen LogP contribution in [0.1, 0.15) is 38.2 Å². The van der Waals surface area contributed by atoms with Crippen LogP contribution < -0.4 is 24.3 Å². The first-order valence-corrected chi connectivity index (χ1v) is 13.7. The molecule has 41 heavy (non-hydrogen) atoms. The zero-order valence-corrected chi connectivity index (χ0v) is 24.3. The van der Waals surface area contributed by atoms with Crippen molar-refractivity contribution in [2.24, 2.45) is 0 Å². The lowest BCUT2D eigenvalue weighted by molar-refractivity contribution is -0.141. The smallest absolute Gasteiger partial charge is 0.246 e. The highest BCUT2D eigenvalue weighted by Crippen LogP contribution is 2.31. The van der Waals surface area contributed by atoms with E-state index in [-0.39, 0.29) is 24.4 Å². The minimum absolute atomic E-state index is 0.147. The molecule has 0 bridgehead atoms. The molecule has 1 heterocycles. The Balaban J connectivity index is 1.50. The van der Waals surface area contributed by atoms with Gasteiger partial charge < -0.3 is 29.2 Å². The fraction of sp³-hybridized carbons (Fsp3) is 0.483. The number of hydrogen-bond donors (Lipinski definition) is 1. The lowest BCUT2D eigenvalue weighted by atomic mass is 10.1. The summed E-state index contributed by atoms with van der Waals surface area (Å²) in [6.45, 7) is 1.89. The summed E-state index contributed by atoms with van der Waals surface area (Å²) in [6.07, 6.45) is 4.62. The second kappa shape index (κ2) is 13.8. The van der Waals surface area contributed by atoms with Crippen LogP contribution in [-0.2, 0) is 22.6 Å². The van der Waals surface area contributed by atoms with Gasteiger partial charge in [0.2, 0.25) is 17.6 Å². The number of methoxy groups -OCH3 is 4. The Labute approximate surface area is 239 Å². The summed E-state index contributed by atoms with van der Waals surface area (Å²) in [5.74, 6) is 2.20. The standard InChI is InChI=1S/C29H38N6O6/c1-19(29(37)30-22-8-6-7-9-22)34(15-14-20-10-12-23(38-2)25(16-20)40-4)27(36)18-35-32-28(31-33-35)21-11-13-24(39-3)26(17-21)41-5/h10-13,16-17,19,22H,6-9,14-15,18H2,1-5H3,(H,30,37)/t19-/m0/s1. The van der Waals surface area contributed by atoms with E-state index in [1.807, 2.05) is 18.2 Å². The summed E-state index contributed by atoms with van der Waals surface area (Å²) in [4.78, 5) is 29.6. The topological polar surface area (TPSA) is 130 Å². The van der Waals surface area contributed by atoms with E-state index in [0.29, 0.717) is 47.4 Å². The van der Waals surface area contributed by atoms with Gasteiger partial charge in [-0.05, 0) is 67.3 Å². The van der Waals surface area contributed by atoms with Gasteiger partial charge in [-0.25, -0.2) is 0 Å². The number of aromatic nitrogens is 4. The van der Waals surface area contributed by atoms with Crippen LogP contribution in [0.3, 0.4) is 0 Å². The molecule has 2 amide bonds. The zero-order valence-electron chi connectivity index (χ0n) is 24.3. The summed E-state index contributed by atoms with van der Waals surface area (Å²) in [7, 11) is 6.26. The molecule has 12 nitrogen and oxygen atoms in total. The molecule has 1 aromatic heterocycles.